The Kier molecular flexibility index (Phi) is 5.65. The summed E-state index contributed by atoms with van der Waals surface area (Å²) in [6.07, 6.45) is -4.91. The molecule has 26 heavy (non-hydrogen) atoms. The zero-order valence-corrected chi connectivity index (χ0v) is 15.3. The molecule has 5 nitrogen and oxygen atoms in total. The maximum atomic E-state index is 13.3. The minimum atomic E-state index is -5.02. The van der Waals surface area contributed by atoms with E-state index >= 15 is 0 Å². The highest BCUT2D eigenvalue weighted by Crippen LogP contribution is 2.41. The molecule has 0 unspecified atom stereocenters. The molecular weight excluding hydrogens is 349 g/mol. The Morgan fingerprint density at radius 1 is 1.31 bits per heavy atom. The smallest absolute Gasteiger partial charge is 0.438 e. The highest BCUT2D eigenvalue weighted by Gasteiger charge is 2.63. The molecule has 0 fully saturated rings. The van der Waals surface area contributed by atoms with Crippen LogP contribution in [0.5, 0.6) is 5.75 Å². The number of nitrogens with zero attached hydrogens (tertiary/aromatic N) is 2. The minimum absolute atomic E-state index is 0.122. The quantitative estimate of drug-likeness (QED) is 0.859. The lowest BCUT2D eigenvalue weighted by Crippen LogP contribution is -2.57. The van der Waals surface area contributed by atoms with Crippen LogP contribution in [0.3, 0.4) is 0 Å². The number of benzene rings is 1. The Labute approximate surface area is 150 Å². The maximum Gasteiger partial charge on any atom is 0.438 e. The number of aliphatic hydroxyl groups is 1. The lowest BCUT2D eigenvalue weighted by Gasteiger charge is -2.32. The number of carbonyl (C=O) groups is 1. The molecule has 1 amide bonds. The average Bonchev–Trinajstić information content (AvgIpc) is 2.84. The molecule has 0 bridgehead atoms. The number of hydrazone groups is 1. The summed E-state index contributed by atoms with van der Waals surface area (Å²) in [5, 5.41) is 13.9. The van der Waals surface area contributed by atoms with E-state index < -0.39 is 30.8 Å². The molecule has 1 aromatic rings. The van der Waals surface area contributed by atoms with Crippen molar-refractivity contribution in [2.45, 2.75) is 58.9 Å². The SMILES string of the molecule is CCCC1=NN(C(=O)COc2c(C)cc(C)cc2C)[C@](O)(C(F)(F)F)C1. The monoisotopic (exact) mass is 372 g/mol. The lowest BCUT2D eigenvalue weighted by molar-refractivity contribution is -0.302. The van der Waals surface area contributed by atoms with Crippen molar-refractivity contribution in [2.75, 3.05) is 6.61 Å². The van der Waals surface area contributed by atoms with Gasteiger partial charge >= 0.3 is 6.18 Å². The first-order valence-electron chi connectivity index (χ1n) is 8.38. The van der Waals surface area contributed by atoms with Crippen LogP contribution in [-0.4, -0.2) is 40.2 Å². The van der Waals surface area contributed by atoms with E-state index in [9.17, 15) is 23.1 Å². The van der Waals surface area contributed by atoms with Crippen molar-refractivity contribution in [3.63, 3.8) is 0 Å². The molecule has 1 atom stereocenters. The van der Waals surface area contributed by atoms with Gasteiger partial charge in [-0.15, -0.1) is 0 Å². The Bertz CT molecular complexity index is 708. The van der Waals surface area contributed by atoms with Gasteiger partial charge in [-0.25, -0.2) is 0 Å². The van der Waals surface area contributed by atoms with Crippen molar-refractivity contribution in [1.82, 2.24) is 5.01 Å². The van der Waals surface area contributed by atoms with Crippen molar-refractivity contribution in [3.05, 3.63) is 28.8 Å². The van der Waals surface area contributed by atoms with Gasteiger partial charge in [-0.05, 0) is 38.3 Å². The molecule has 1 aliphatic heterocycles. The number of halogens is 3. The van der Waals surface area contributed by atoms with E-state index in [-0.39, 0.29) is 17.1 Å². The summed E-state index contributed by atoms with van der Waals surface area (Å²) in [6.45, 7) is 6.63. The molecule has 1 aliphatic rings. The Hall–Kier alpha value is -2.09. The number of aryl methyl sites for hydroxylation is 3. The second kappa shape index (κ2) is 7.26. The predicted molar refractivity (Wildman–Crippen MR) is 91.0 cm³/mol. The van der Waals surface area contributed by atoms with E-state index in [4.69, 9.17) is 4.74 Å². The van der Waals surface area contributed by atoms with Gasteiger partial charge < -0.3 is 9.84 Å². The minimum Gasteiger partial charge on any atom is -0.483 e. The van der Waals surface area contributed by atoms with Crippen LogP contribution in [0.4, 0.5) is 13.2 Å². The third-order valence-electron chi connectivity index (χ3n) is 4.22. The van der Waals surface area contributed by atoms with Crippen LogP contribution in [0.2, 0.25) is 0 Å². The summed E-state index contributed by atoms with van der Waals surface area (Å²) >= 11 is 0. The van der Waals surface area contributed by atoms with E-state index in [0.717, 1.165) is 16.7 Å². The normalized spacial score (nSPS) is 20.3. The van der Waals surface area contributed by atoms with Crippen LogP contribution in [0.15, 0.2) is 17.2 Å². The average molecular weight is 372 g/mol. The molecule has 0 aliphatic carbocycles. The first kappa shape index (κ1) is 20.2. The van der Waals surface area contributed by atoms with Gasteiger partial charge in [0.15, 0.2) is 6.61 Å². The van der Waals surface area contributed by atoms with Crippen LogP contribution in [0, 0.1) is 20.8 Å². The van der Waals surface area contributed by atoms with Crippen LogP contribution in [0.25, 0.3) is 0 Å². The number of rotatable bonds is 5. The molecule has 0 aromatic heterocycles. The molecule has 0 saturated heterocycles. The second-order valence-corrected chi connectivity index (χ2v) is 6.63. The van der Waals surface area contributed by atoms with Gasteiger partial charge in [0.1, 0.15) is 5.75 Å². The van der Waals surface area contributed by atoms with Crippen molar-refractivity contribution < 1.29 is 27.8 Å². The lowest BCUT2D eigenvalue weighted by atomic mass is 10.0. The first-order valence-corrected chi connectivity index (χ1v) is 8.38. The molecule has 1 heterocycles. The van der Waals surface area contributed by atoms with Gasteiger partial charge in [-0.3, -0.25) is 4.79 Å². The maximum absolute atomic E-state index is 13.3. The fourth-order valence-corrected chi connectivity index (χ4v) is 3.12. The number of carbonyl (C=O) groups excluding carboxylic acids is 1. The summed E-state index contributed by atoms with van der Waals surface area (Å²) in [5.74, 6) is -0.605. The topological polar surface area (TPSA) is 62.1 Å². The summed E-state index contributed by atoms with van der Waals surface area (Å²) < 4.78 is 45.5. The molecule has 1 aromatic carbocycles. The largest absolute Gasteiger partial charge is 0.483 e. The molecule has 0 radical (unpaired) electrons. The number of amides is 1. The van der Waals surface area contributed by atoms with Crippen molar-refractivity contribution in [1.29, 1.82) is 0 Å². The van der Waals surface area contributed by atoms with Crippen LogP contribution in [0.1, 0.15) is 42.9 Å². The molecule has 0 saturated carbocycles. The van der Waals surface area contributed by atoms with Crippen molar-refractivity contribution in [2.24, 2.45) is 5.10 Å². The van der Waals surface area contributed by atoms with Crippen molar-refractivity contribution in [3.8, 4) is 5.75 Å². The van der Waals surface area contributed by atoms with Gasteiger partial charge in [-0.1, -0.05) is 31.0 Å². The van der Waals surface area contributed by atoms with E-state index in [1.54, 1.807) is 20.8 Å². The summed E-state index contributed by atoms with van der Waals surface area (Å²) in [6, 6.07) is 3.71. The van der Waals surface area contributed by atoms with Gasteiger partial charge in [0.2, 0.25) is 0 Å². The standard InChI is InChI=1S/C18H23F3N2O3/c1-5-6-14-9-17(25,18(19,20)21)23(22-14)15(24)10-26-16-12(3)7-11(2)8-13(16)4/h7-8,25H,5-6,9-10H2,1-4H3/t17-/m1/s1. The van der Waals surface area contributed by atoms with E-state index in [0.29, 0.717) is 12.2 Å². The van der Waals surface area contributed by atoms with Gasteiger partial charge in [0.05, 0.1) is 0 Å². The third-order valence-corrected chi connectivity index (χ3v) is 4.22. The summed E-state index contributed by atoms with van der Waals surface area (Å²) in [7, 11) is 0. The molecule has 0 spiro atoms. The Morgan fingerprint density at radius 3 is 2.38 bits per heavy atom. The highest BCUT2D eigenvalue weighted by atomic mass is 19.4. The van der Waals surface area contributed by atoms with Gasteiger partial charge in [0.25, 0.3) is 11.6 Å². The zero-order valence-electron chi connectivity index (χ0n) is 15.3. The molecule has 1 N–H and O–H groups in total. The van der Waals surface area contributed by atoms with E-state index in [1.807, 2.05) is 19.1 Å². The Balaban J connectivity index is 2.21. The van der Waals surface area contributed by atoms with Gasteiger partial charge in [0, 0.05) is 12.1 Å². The zero-order chi connectivity index (χ0) is 19.7. The molecule has 2 rings (SSSR count). The van der Waals surface area contributed by atoms with Crippen LogP contribution >= 0.6 is 0 Å². The summed E-state index contributed by atoms with van der Waals surface area (Å²) in [5.41, 5.74) is -0.618. The fourth-order valence-electron chi connectivity index (χ4n) is 3.12. The first-order chi connectivity index (χ1) is 12.0. The second-order valence-electron chi connectivity index (χ2n) is 6.63. The predicted octanol–water partition coefficient (Wildman–Crippen LogP) is 3.63. The van der Waals surface area contributed by atoms with Crippen molar-refractivity contribution >= 4 is 11.6 Å². The molecule has 8 heteroatoms. The fraction of sp³-hybridized carbons (Fsp3) is 0.556. The number of ether oxygens (including phenoxy) is 1. The van der Waals surface area contributed by atoms with Crippen LogP contribution < -0.4 is 4.74 Å². The third kappa shape index (κ3) is 3.85. The van der Waals surface area contributed by atoms with E-state index in [1.165, 1.54) is 0 Å². The Morgan fingerprint density at radius 2 is 1.88 bits per heavy atom. The summed E-state index contributed by atoms with van der Waals surface area (Å²) in [4.78, 5) is 12.4. The van der Waals surface area contributed by atoms with Gasteiger partial charge in [-0.2, -0.15) is 23.3 Å². The molecule has 144 valence electrons. The number of alkyl halides is 3. The molecular formula is C18H23F3N2O3. The number of hydrogen-bond acceptors (Lipinski definition) is 4. The van der Waals surface area contributed by atoms with Crippen LogP contribution in [-0.2, 0) is 4.79 Å². The van der Waals surface area contributed by atoms with E-state index in [2.05, 4.69) is 5.10 Å². The highest BCUT2D eigenvalue weighted by molar-refractivity contribution is 5.91. The number of hydrogen-bond donors (Lipinski definition) is 1.